The Kier molecular flexibility index (Phi) is 3.34. The molecule has 0 aromatic heterocycles. The Morgan fingerprint density at radius 2 is 1.88 bits per heavy atom. The standard InChI is InChI=1S/C15H19FO/c1-15(2)8-7-12(10-17)14(9-15)11-3-5-13(16)6-4-11/h3-6,17H,7-10H2,1-2H3. The van der Waals surface area contributed by atoms with Crippen molar-refractivity contribution in [3.8, 4) is 0 Å². The molecule has 2 heteroatoms. The second kappa shape index (κ2) is 4.61. The van der Waals surface area contributed by atoms with Gasteiger partial charge in [-0.1, -0.05) is 26.0 Å². The first-order chi connectivity index (χ1) is 8.02. The van der Waals surface area contributed by atoms with E-state index in [9.17, 15) is 9.50 Å². The maximum atomic E-state index is 12.9. The Morgan fingerprint density at radius 3 is 2.47 bits per heavy atom. The number of halogens is 1. The fourth-order valence-corrected chi connectivity index (χ4v) is 2.46. The maximum absolute atomic E-state index is 12.9. The monoisotopic (exact) mass is 234 g/mol. The van der Waals surface area contributed by atoms with Crippen molar-refractivity contribution in [2.75, 3.05) is 6.61 Å². The predicted octanol–water partition coefficient (Wildman–Crippen LogP) is 3.78. The van der Waals surface area contributed by atoms with E-state index in [2.05, 4.69) is 13.8 Å². The largest absolute Gasteiger partial charge is 0.392 e. The van der Waals surface area contributed by atoms with Gasteiger partial charge >= 0.3 is 0 Å². The summed E-state index contributed by atoms with van der Waals surface area (Å²) in [6.07, 6.45) is 3.00. The van der Waals surface area contributed by atoms with Gasteiger partial charge < -0.3 is 5.11 Å². The third-order valence-corrected chi connectivity index (χ3v) is 3.57. The highest BCUT2D eigenvalue weighted by molar-refractivity contribution is 5.70. The number of hydrogen-bond acceptors (Lipinski definition) is 1. The zero-order valence-electron chi connectivity index (χ0n) is 10.5. The van der Waals surface area contributed by atoms with Gasteiger partial charge in [0.2, 0.25) is 0 Å². The first-order valence-electron chi connectivity index (χ1n) is 6.09. The summed E-state index contributed by atoms with van der Waals surface area (Å²) in [7, 11) is 0. The second-order valence-corrected chi connectivity index (χ2v) is 5.59. The van der Waals surface area contributed by atoms with Crippen molar-refractivity contribution < 1.29 is 9.50 Å². The highest BCUT2D eigenvalue weighted by atomic mass is 19.1. The van der Waals surface area contributed by atoms with Crippen LogP contribution in [-0.4, -0.2) is 11.7 Å². The third-order valence-electron chi connectivity index (χ3n) is 3.57. The van der Waals surface area contributed by atoms with Gasteiger partial charge in [0.15, 0.2) is 0 Å². The van der Waals surface area contributed by atoms with Gasteiger partial charge in [-0.2, -0.15) is 0 Å². The molecule has 1 aromatic carbocycles. The van der Waals surface area contributed by atoms with Crippen molar-refractivity contribution in [1.29, 1.82) is 0 Å². The van der Waals surface area contributed by atoms with Gasteiger partial charge in [0.1, 0.15) is 5.82 Å². The molecular formula is C15H19FO. The molecule has 0 bridgehead atoms. The number of hydrogen-bond donors (Lipinski definition) is 1. The van der Waals surface area contributed by atoms with E-state index >= 15 is 0 Å². The summed E-state index contributed by atoms with van der Waals surface area (Å²) in [5, 5.41) is 9.42. The third kappa shape index (κ3) is 2.75. The van der Waals surface area contributed by atoms with Crippen molar-refractivity contribution in [3.05, 3.63) is 41.2 Å². The molecule has 0 aliphatic heterocycles. The average Bonchev–Trinajstić information content (AvgIpc) is 2.29. The first kappa shape index (κ1) is 12.3. The maximum Gasteiger partial charge on any atom is 0.123 e. The van der Waals surface area contributed by atoms with E-state index in [0.29, 0.717) is 0 Å². The molecule has 0 radical (unpaired) electrons. The van der Waals surface area contributed by atoms with Crippen molar-refractivity contribution in [2.24, 2.45) is 5.41 Å². The second-order valence-electron chi connectivity index (χ2n) is 5.59. The van der Waals surface area contributed by atoms with Gasteiger partial charge in [0, 0.05) is 0 Å². The van der Waals surface area contributed by atoms with E-state index in [1.54, 1.807) is 0 Å². The van der Waals surface area contributed by atoms with Crippen LogP contribution in [-0.2, 0) is 0 Å². The Bertz CT molecular complexity index is 429. The fraction of sp³-hybridized carbons (Fsp3) is 0.467. The molecule has 17 heavy (non-hydrogen) atoms. The van der Waals surface area contributed by atoms with E-state index in [0.717, 1.165) is 30.4 Å². The van der Waals surface area contributed by atoms with Crippen LogP contribution in [0.3, 0.4) is 0 Å². The molecule has 92 valence electrons. The molecular weight excluding hydrogens is 215 g/mol. The lowest BCUT2D eigenvalue weighted by Crippen LogP contribution is -2.19. The van der Waals surface area contributed by atoms with Crippen LogP contribution in [0.2, 0.25) is 0 Å². The SMILES string of the molecule is CC1(C)CCC(CO)=C(c2ccc(F)cc2)C1. The number of aliphatic hydroxyl groups excluding tert-OH is 1. The molecule has 1 N–H and O–H groups in total. The van der Waals surface area contributed by atoms with E-state index in [1.165, 1.54) is 17.7 Å². The average molecular weight is 234 g/mol. The molecule has 0 unspecified atom stereocenters. The molecule has 0 fully saturated rings. The molecule has 1 nitrogen and oxygen atoms in total. The summed E-state index contributed by atoms with van der Waals surface area (Å²) in [6, 6.07) is 6.58. The lowest BCUT2D eigenvalue weighted by molar-refractivity contribution is 0.291. The zero-order valence-corrected chi connectivity index (χ0v) is 10.5. The molecule has 0 saturated carbocycles. The summed E-state index contributed by atoms with van der Waals surface area (Å²) in [5.41, 5.74) is 3.62. The summed E-state index contributed by atoms with van der Waals surface area (Å²) < 4.78 is 12.9. The van der Waals surface area contributed by atoms with Gasteiger partial charge in [0.25, 0.3) is 0 Å². The van der Waals surface area contributed by atoms with Crippen LogP contribution in [0.15, 0.2) is 29.8 Å². The molecule has 0 amide bonds. The van der Waals surface area contributed by atoms with Crippen molar-refractivity contribution in [3.63, 3.8) is 0 Å². The number of rotatable bonds is 2. The van der Waals surface area contributed by atoms with Gasteiger partial charge in [-0.15, -0.1) is 0 Å². The van der Waals surface area contributed by atoms with Crippen molar-refractivity contribution in [2.45, 2.75) is 33.1 Å². The smallest absolute Gasteiger partial charge is 0.123 e. The Morgan fingerprint density at radius 1 is 1.24 bits per heavy atom. The normalized spacial score (nSPS) is 19.5. The zero-order chi connectivity index (χ0) is 12.5. The molecule has 1 aliphatic carbocycles. The lowest BCUT2D eigenvalue weighted by atomic mass is 9.73. The van der Waals surface area contributed by atoms with E-state index in [1.807, 2.05) is 12.1 Å². The number of allylic oxidation sites excluding steroid dienone is 1. The van der Waals surface area contributed by atoms with E-state index in [-0.39, 0.29) is 17.8 Å². The van der Waals surface area contributed by atoms with E-state index < -0.39 is 0 Å². The minimum absolute atomic E-state index is 0.114. The van der Waals surface area contributed by atoms with Crippen LogP contribution >= 0.6 is 0 Å². The molecule has 1 aliphatic rings. The Hall–Kier alpha value is -1.15. The minimum Gasteiger partial charge on any atom is -0.392 e. The van der Waals surface area contributed by atoms with Crippen LogP contribution in [0.1, 0.15) is 38.7 Å². The quantitative estimate of drug-likeness (QED) is 0.825. The summed E-state index contributed by atoms with van der Waals surface area (Å²) in [6.45, 7) is 4.60. The Balaban J connectivity index is 2.39. The molecule has 0 atom stereocenters. The minimum atomic E-state index is -0.213. The van der Waals surface area contributed by atoms with Crippen LogP contribution in [0.25, 0.3) is 5.57 Å². The lowest BCUT2D eigenvalue weighted by Gasteiger charge is -2.33. The number of aliphatic hydroxyl groups is 1. The topological polar surface area (TPSA) is 20.2 Å². The van der Waals surface area contributed by atoms with Crippen LogP contribution in [0, 0.1) is 11.2 Å². The molecule has 0 spiro atoms. The summed E-state index contributed by atoms with van der Waals surface area (Å²) >= 11 is 0. The Labute approximate surface area is 102 Å². The van der Waals surface area contributed by atoms with Crippen molar-refractivity contribution in [1.82, 2.24) is 0 Å². The van der Waals surface area contributed by atoms with Gasteiger partial charge in [-0.3, -0.25) is 0 Å². The summed E-state index contributed by atoms with van der Waals surface area (Å²) in [5.74, 6) is -0.213. The highest BCUT2D eigenvalue weighted by Gasteiger charge is 2.27. The van der Waals surface area contributed by atoms with Gasteiger partial charge in [-0.05, 0) is 53.5 Å². The van der Waals surface area contributed by atoms with E-state index in [4.69, 9.17) is 0 Å². The van der Waals surface area contributed by atoms with Gasteiger partial charge in [0.05, 0.1) is 6.61 Å². The highest BCUT2D eigenvalue weighted by Crippen LogP contribution is 2.42. The fourth-order valence-electron chi connectivity index (χ4n) is 2.46. The van der Waals surface area contributed by atoms with Crippen LogP contribution < -0.4 is 0 Å². The summed E-state index contributed by atoms with van der Waals surface area (Å²) in [4.78, 5) is 0. The van der Waals surface area contributed by atoms with Gasteiger partial charge in [-0.25, -0.2) is 4.39 Å². The molecule has 1 aromatic rings. The number of benzene rings is 1. The first-order valence-corrected chi connectivity index (χ1v) is 6.09. The molecule has 2 rings (SSSR count). The molecule has 0 saturated heterocycles. The van der Waals surface area contributed by atoms with Crippen molar-refractivity contribution >= 4 is 5.57 Å². The van der Waals surface area contributed by atoms with Crippen LogP contribution in [0.5, 0.6) is 0 Å². The van der Waals surface area contributed by atoms with Crippen LogP contribution in [0.4, 0.5) is 4.39 Å². The predicted molar refractivity (Wildman–Crippen MR) is 68.0 cm³/mol. The molecule has 0 heterocycles.